The Morgan fingerprint density at radius 1 is 1.22 bits per heavy atom. The van der Waals surface area contributed by atoms with Crippen LogP contribution in [0.1, 0.15) is 36.8 Å². The predicted octanol–water partition coefficient (Wildman–Crippen LogP) is 3.00. The fourth-order valence-electron chi connectivity index (χ4n) is 3.79. The molecule has 1 saturated carbocycles. The van der Waals surface area contributed by atoms with Gasteiger partial charge in [0.1, 0.15) is 0 Å². The van der Waals surface area contributed by atoms with Crippen molar-refractivity contribution in [3.05, 3.63) is 35.5 Å². The maximum atomic E-state index is 9.81. The summed E-state index contributed by atoms with van der Waals surface area (Å²) in [6.45, 7) is 1.44. The molecule has 18 heavy (non-hydrogen) atoms. The van der Waals surface area contributed by atoms with Crippen molar-refractivity contribution in [2.75, 3.05) is 6.61 Å². The third-order valence-corrected chi connectivity index (χ3v) is 5.01. The Morgan fingerprint density at radius 3 is 2.83 bits per heavy atom. The van der Waals surface area contributed by atoms with Gasteiger partial charge in [0.15, 0.2) is 0 Å². The molecule has 1 aromatic carbocycles. The molecule has 0 spiro atoms. The Kier molecular flexibility index (Phi) is 2.13. The van der Waals surface area contributed by atoms with Gasteiger partial charge in [0, 0.05) is 23.5 Å². The molecule has 1 aliphatic heterocycles. The molecule has 2 nitrogen and oxygen atoms in total. The van der Waals surface area contributed by atoms with Crippen LogP contribution < -0.4 is 0 Å². The van der Waals surface area contributed by atoms with E-state index in [-0.39, 0.29) is 5.41 Å². The van der Waals surface area contributed by atoms with Crippen molar-refractivity contribution in [1.29, 1.82) is 0 Å². The first-order valence-corrected chi connectivity index (χ1v) is 7.06. The zero-order valence-electron chi connectivity index (χ0n) is 10.7. The van der Waals surface area contributed by atoms with Gasteiger partial charge in [0.2, 0.25) is 0 Å². The number of para-hydroxylation sites is 1. The lowest BCUT2D eigenvalue weighted by molar-refractivity contribution is 0.121. The number of hydrogen-bond donors (Lipinski definition) is 1. The van der Waals surface area contributed by atoms with Crippen LogP contribution in [0.2, 0.25) is 0 Å². The normalized spacial score (nSPS) is 20.9. The van der Waals surface area contributed by atoms with Crippen LogP contribution in [0.5, 0.6) is 0 Å². The molecule has 2 heterocycles. The predicted molar refractivity (Wildman–Crippen MR) is 72.9 cm³/mol. The van der Waals surface area contributed by atoms with E-state index >= 15 is 0 Å². The highest BCUT2D eigenvalue weighted by atomic mass is 16.3. The summed E-state index contributed by atoms with van der Waals surface area (Å²) in [6, 6.07) is 6.68. The second-order valence-corrected chi connectivity index (χ2v) is 5.95. The van der Waals surface area contributed by atoms with Crippen molar-refractivity contribution in [3.8, 4) is 0 Å². The van der Waals surface area contributed by atoms with Crippen LogP contribution in [0.4, 0.5) is 0 Å². The smallest absolute Gasteiger partial charge is 0.0528 e. The Labute approximate surface area is 107 Å². The molecule has 94 valence electrons. The quantitative estimate of drug-likeness (QED) is 0.859. The molecule has 1 N–H and O–H groups in total. The summed E-state index contributed by atoms with van der Waals surface area (Å²) in [4.78, 5) is 0. The molecule has 2 heteroatoms. The summed E-state index contributed by atoms with van der Waals surface area (Å²) in [5, 5.41) is 11.2. The van der Waals surface area contributed by atoms with Crippen molar-refractivity contribution < 1.29 is 5.11 Å². The van der Waals surface area contributed by atoms with E-state index in [9.17, 15) is 5.11 Å². The number of benzene rings is 1. The van der Waals surface area contributed by atoms with Crippen LogP contribution in [0, 0.1) is 0 Å². The Bertz CT molecular complexity index is 601. The molecule has 0 unspecified atom stereocenters. The Balaban J connectivity index is 2.00. The zero-order chi connectivity index (χ0) is 12.2. The molecule has 0 radical (unpaired) electrons. The highest BCUT2D eigenvalue weighted by molar-refractivity contribution is 5.88. The minimum Gasteiger partial charge on any atom is -0.395 e. The van der Waals surface area contributed by atoms with Gasteiger partial charge >= 0.3 is 0 Å². The molecule has 1 fully saturated rings. The minimum atomic E-state index is 0.0620. The standard InChI is InChI=1S/C16H19NO/c18-11-16(7-3-8-16)14-10-17-9-2-5-12-4-1-6-13(14)15(12)17/h1,4,6,10,18H,2-3,5,7-9,11H2. The molecule has 0 atom stereocenters. The maximum absolute atomic E-state index is 9.81. The zero-order valence-corrected chi connectivity index (χ0v) is 10.7. The number of aliphatic hydroxyl groups excluding tert-OH is 1. The van der Waals surface area contributed by atoms with Crippen molar-refractivity contribution in [3.63, 3.8) is 0 Å². The topological polar surface area (TPSA) is 25.2 Å². The molecule has 0 saturated heterocycles. The van der Waals surface area contributed by atoms with Crippen LogP contribution in [-0.4, -0.2) is 16.3 Å². The number of aliphatic hydroxyl groups is 1. The molecule has 2 aliphatic rings. The molecule has 1 aromatic heterocycles. The first-order chi connectivity index (χ1) is 8.84. The van der Waals surface area contributed by atoms with Gasteiger partial charge in [-0.15, -0.1) is 0 Å². The van der Waals surface area contributed by atoms with Crippen LogP contribution in [-0.2, 0) is 18.4 Å². The van der Waals surface area contributed by atoms with Gasteiger partial charge in [-0.1, -0.05) is 24.6 Å². The lowest BCUT2D eigenvalue weighted by Crippen LogP contribution is -2.37. The van der Waals surface area contributed by atoms with Gasteiger partial charge in [-0.3, -0.25) is 0 Å². The molecule has 2 aromatic rings. The van der Waals surface area contributed by atoms with Gasteiger partial charge in [-0.25, -0.2) is 0 Å². The number of rotatable bonds is 2. The lowest BCUT2D eigenvalue weighted by atomic mass is 9.65. The van der Waals surface area contributed by atoms with E-state index in [1.807, 2.05) is 0 Å². The van der Waals surface area contributed by atoms with Gasteiger partial charge in [0.05, 0.1) is 12.1 Å². The van der Waals surface area contributed by atoms with Gasteiger partial charge < -0.3 is 9.67 Å². The Morgan fingerprint density at radius 2 is 2.11 bits per heavy atom. The third-order valence-electron chi connectivity index (χ3n) is 5.01. The van der Waals surface area contributed by atoms with Gasteiger partial charge in [-0.2, -0.15) is 0 Å². The van der Waals surface area contributed by atoms with Crippen LogP contribution in [0.25, 0.3) is 10.9 Å². The highest BCUT2D eigenvalue weighted by Gasteiger charge is 2.40. The van der Waals surface area contributed by atoms with Crippen LogP contribution in [0.15, 0.2) is 24.4 Å². The molecular weight excluding hydrogens is 222 g/mol. The fraction of sp³-hybridized carbons (Fsp3) is 0.500. The van der Waals surface area contributed by atoms with E-state index in [0.717, 1.165) is 19.4 Å². The number of aromatic nitrogens is 1. The summed E-state index contributed by atoms with van der Waals surface area (Å²) < 4.78 is 2.42. The second-order valence-electron chi connectivity index (χ2n) is 5.95. The summed E-state index contributed by atoms with van der Waals surface area (Å²) in [7, 11) is 0. The fourth-order valence-corrected chi connectivity index (χ4v) is 3.79. The second kappa shape index (κ2) is 3.61. The van der Waals surface area contributed by atoms with Crippen LogP contribution in [0.3, 0.4) is 0 Å². The van der Waals surface area contributed by atoms with Gasteiger partial charge in [-0.05, 0) is 36.8 Å². The maximum Gasteiger partial charge on any atom is 0.0528 e. The highest BCUT2D eigenvalue weighted by Crippen LogP contribution is 2.47. The number of nitrogens with zero attached hydrogens (tertiary/aromatic N) is 1. The average Bonchev–Trinajstić information content (AvgIpc) is 2.72. The summed E-state index contributed by atoms with van der Waals surface area (Å²) in [5.41, 5.74) is 4.37. The summed E-state index contributed by atoms with van der Waals surface area (Å²) in [6.07, 6.45) is 8.31. The first-order valence-electron chi connectivity index (χ1n) is 7.06. The molecular formula is C16H19NO. The summed E-state index contributed by atoms with van der Waals surface area (Å²) in [5.74, 6) is 0. The van der Waals surface area contributed by atoms with Crippen molar-refractivity contribution >= 4 is 10.9 Å². The number of hydrogen-bond acceptors (Lipinski definition) is 1. The van der Waals surface area contributed by atoms with E-state index < -0.39 is 0 Å². The molecule has 4 rings (SSSR count). The molecule has 0 bridgehead atoms. The lowest BCUT2D eigenvalue weighted by Gasteiger charge is -2.40. The summed E-state index contributed by atoms with van der Waals surface area (Å²) >= 11 is 0. The van der Waals surface area contributed by atoms with E-state index in [4.69, 9.17) is 0 Å². The van der Waals surface area contributed by atoms with Crippen molar-refractivity contribution in [2.24, 2.45) is 0 Å². The van der Waals surface area contributed by atoms with Crippen molar-refractivity contribution in [2.45, 2.75) is 44.1 Å². The average molecular weight is 241 g/mol. The van der Waals surface area contributed by atoms with E-state index in [2.05, 4.69) is 29.0 Å². The van der Waals surface area contributed by atoms with Crippen molar-refractivity contribution in [1.82, 2.24) is 4.57 Å². The van der Waals surface area contributed by atoms with E-state index in [0.29, 0.717) is 6.61 Å². The monoisotopic (exact) mass is 241 g/mol. The third kappa shape index (κ3) is 1.22. The number of aryl methyl sites for hydroxylation is 2. The minimum absolute atomic E-state index is 0.0620. The molecule has 0 amide bonds. The van der Waals surface area contributed by atoms with Gasteiger partial charge in [0.25, 0.3) is 0 Å². The SMILES string of the molecule is OCC1(c2cn3c4c(cccc24)CCC3)CCC1. The first kappa shape index (κ1) is 10.6. The molecule has 1 aliphatic carbocycles. The van der Waals surface area contributed by atoms with Crippen LogP contribution >= 0.6 is 0 Å². The largest absolute Gasteiger partial charge is 0.395 e. The Hall–Kier alpha value is -1.28. The van der Waals surface area contributed by atoms with E-state index in [1.54, 1.807) is 0 Å². The van der Waals surface area contributed by atoms with E-state index in [1.165, 1.54) is 41.3 Å².